The highest BCUT2D eigenvalue weighted by Crippen LogP contribution is 2.11. The van der Waals surface area contributed by atoms with Crippen LogP contribution >= 0.6 is 15.9 Å². The summed E-state index contributed by atoms with van der Waals surface area (Å²) in [5.41, 5.74) is 0.562. The number of nitrogens with one attached hydrogen (secondary N) is 2. The first-order valence-corrected chi connectivity index (χ1v) is 7.80. The summed E-state index contributed by atoms with van der Waals surface area (Å²) in [5.74, 6) is 0.555. The Morgan fingerprint density at radius 2 is 2.45 bits per heavy atom. The molecular weight excluding hydrogens is 322 g/mol. The molecule has 0 aromatic carbocycles. The highest BCUT2D eigenvalue weighted by molar-refractivity contribution is 9.10. The maximum absolute atomic E-state index is 11.9. The summed E-state index contributed by atoms with van der Waals surface area (Å²) in [6, 6.07) is 1.77. The molecule has 0 bridgehead atoms. The van der Waals surface area contributed by atoms with Crippen LogP contribution in [0.25, 0.3) is 0 Å². The second-order valence-corrected chi connectivity index (χ2v) is 6.50. The molecule has 1 amide bonds. The molecule has 1 aromatic heterocycles. The standard InChI is InChI=1S/C14H22BrN3O2/c1-10(2)8-18-3-4-20-12(9-18)7-17-14(19)13-5-11(15)6-16-13/h5-6,10,12,16H,3-4,7-9H2,1-2H3,(H,17,19). The number of ether oxygens (including phenoxy) is 1. The van der Waals surface area contributed by atoms with Crippen molar-refractivity contribution in [3.8, 4) is 0 Å². The summed E-state index contributed by atoms with van der Waals surface area (Å²) >= 11 is 3.32. The van der Waals surface area contributed by atoms with Crippen LogP contribution in [0.3, 0.4) is 0 Å². The summed E-state index contributed by atoms with van der Waals surface area (Å²) < 4.78 is 6.58. The fourth-order valence-electron chi connectivity index (χ4n) is 2.39. The van der Waals surface area contributed by atoms with Gasteiger partial charge in [-0.25, -0.2) is 0 Å². The molecule has 1 atom stereocenters. The van der Waals surface area contributed by atoms with E-state index in [4.69, 9.17) is 4.74 Å². The number of halogens is 1. The van der Waals surface area contributed by atoms with E-state index in [-0.39, 0.29) is 12.0 Å². The number of aromatic nitrogens is 1. The number of aromatic amines is 1. The summed E-state index contributed by atoms with van der Waals surface area (Å²) in [6.45, 7) is 8.66. The van der Waals surface area contributed by atoms with Gasteiger partial charge in [0.05, 0.1) is 12.7 Å². The average Bonchev–Trinajstić information content (AvgIpc) is 2.82. The molecule has 0 spiro atoms. The smallest absolute Gasteiger partial charge is 0.267 e. The van der Waals surface area contributed by atoms with Crippen molar-refractivity contribution < 1.29 is 9.53 Å². The van der Waals surface area contributed by atoms with Crippen LogP contribution in [-0.2, 0) is 4.74 Å². The number of amides is 1. The number of nitrogens with zero attached hydrogens (tertiary/aromatic N) is 1. The molecule has 5 nitrogen and oxygen atoms in total. The minimum absolute atomic E-state index is 0.0739. The second kappa shape index (κ2) is 7.24. The molecule has 1 aliphatic rings. The first-order valence-electron chi connectivity index (χ1n) is 7.00. The molecular formula is C14H22BrN3O2. The van der Waals surface area contributed by atoms with Crippen molar-refractivity contribution in [1.29, 1.82) is 0 Å². The lowest BCUT2D eigenvalue weighted by Gasteiger charge is -2.33. The number of carbonyl (C=O) groups is 1. The van der Waals surface area contributed by atoms with Crippen LogP contribution in [0, 0.1) is 5.92 Å². The molecule has 1 aliphatic heterocycles. The fraction of sp³-hybridized carbons (Fsp3) is 0.643. The van der Waals surface area contributed by atoms with Gasteiger partial charge < -0.3 is 15.0 Å². The van der Waals surface area contributed by atoms with Crippen LogP contribution in [0.2, 0.25) is 0 Å². The quantitative estimate of drug-likeness (QED) is 0.857. The molecule has 0 aliphatic carbocycles. The SMILES string of the molecule is CC(C)CN1CCOC(CNC(=O)c2cc(Br)c[nH]2)C1. The minimum atomic E-state index is -0.0970. The third kappa shape index (κ3) is 4.61. The van der Waals surface area contributed by atoms with Crippen molar-refractivity contribution in [3.05, 3.63) is 22.4 Å². The monoisotopic (exact) mass is 343 g/mol. The minimum Gasteiger partial charge on any atom is -0.374 e. The first-order chi connectivity index (χ1) is 9.54. The molecule has 2 rings (SSSR count). The van der Waals surface area contributed by atoms with Crippen molar-refractivity contribution in [2.45, 2.75) is 20.0 Å². The molecule has 2 N–H and O–H groups in total. The van der Waals surface area contributed by atoms with Crippen molar-refractivity contribution in [3.63, 3.8) is 0 Å². The predicted molar refractivity (Wildman–Crippen MR) is 81.8 cm³/mol. The highest BCUT2D eigenvalue weighted by atomic mass is 79.9. The normalized spacial score (nSPS) is 20.3. The lowest BCUT2D eigenvalue weighted by atomic mass is 10.2. The van der Waals surface area contributed by atoms with Crippen molar-refractivity contribution in [1.82, 2.24) is 15.2 Å². The third-order valence-corrected chi connectivity index (χ3v) is 3.69. The molecule has 2 heterocycles. The molecule has 20 heavy (non-hydrogen) atoms. The summed E-state index contributed by atoms with van der Waals surface area (Å²) in [5, 5.41) is 2.91. The molecule has 1 unspecified atom stereocenters. The summed E-state index contributed by atoms with van der Waals surface area (Å²) in [4.78, 5) is 17.2. The van der Waals surface area contributed by atoms with Crippen molar-refractivity contribution >= 4 is 21.8 Å². The van der Waals surface area contributed by atoms with Gasteiger partial charge in [0, 0.05) is 36.8 Å². The van der Waals surface area contributed by atoms with Gasteiger partial charge in [-0.05, 0) is 27.9 Å². The van der Waals surface area contributed by atoms with Crippen molar-refractivity contribution in [2.24, 2.45) is 5.92 Å². The van der Waals surface area contributed by atoms with E-state index in [2.05, 4.69) is 45.0 Å². The van der Waals surface area contributed by atoms with E-state index in [1.54, 1.807) is 12.3 Å². The number of hydrogen-bond acceptors (Lipinski definition) is 3. The lowest BCUT2D eigenvalue weighted by Crippen LogP contribution is -2.48. The van der Waals surface area contributed by atoms with E-state index >= 15 is 0 Å². The van der Waals surface area contributed by atoms with Gasteiger partial charge in [0.1, 0.15) is 5.69 Å². The topological polar surface area (TPSA) is 57.4 Å². The Balaban J connectivity index is 1.77. The van der Waals surface area contributed by atoms with Gasteiger partial charge in [0.2, 0.25) is 0 Å². The van der Waals surface area contributed by atoms with Crippen LogP contribution in [0.15, 0.2) is 16.7 Å². The Kier molecular flexibility index (Phi) is 5.63. The largest absolute Gasteiger partial charge is 0.374 e. The van der Waals surface area contributed by atoms with Gasteiger partial charge in [-0.2, -0.15) is 0 Å². The molecule has 0 saturated carbocycles. The van der Waals surface area contributed by atoms with Gasteiger partial charge in [-0.3, -0.25) is 9.69 Å². The summed E-state index contributed by atoms with van der Waals surface area (Å²) in [7, 11) is 0. The lowest BCUT2D eigenvalue weighted by molar-refractivity contribution is -0.0295. The molecule has 112 valence electrons. The Morgan fingerprint density at radius 3 is 3.10 bits per heavy atom. The van der Waals surface area contributed by atoms with Gasteiger partial charge in [0.25, 0.3) is 5.91 Å². The Morgan fingerprint density at radius 1 is 1.65 bits per heavy atom. The van der Waals surface area contributed by atoms with Crippen LogP contribution < -0.4 is 5.32 Å². The van der Waals surface area contributed by atoms with Crippen LogP contribution in [-0.4, -0.2) is 54.7 Å². The zero-order chi connectivity index (χ0) is 14.5. The van der Waals surface area contributed by atoms with E-state index < -0.39 is 0 Å². The van der Waals surface area contributed by atoms with E-state index in [0.29, 0.717) is 18.2 Å². The van der Waals surface area contributed by atoms with Crippen molar-refractivity contribution in [2.75, 3.05) is 32.8 Å². The Bertz CT molecular complexity index is 447. The van der Waals surface area contributed by atoms with Gasteiger partial charge in [0.15, 0.2) is 0 Å². The van der Waals surface area contributed by atoms with E-state index in [1.807, 2.05) is 0 Å². The second-order valence-electron chi connectivity index (χ2n) is 5.59. The van der Waals surface area contributed by atoms with Crippen LogP contribution in [0.1, 0.15) is 24.3 Å². The molecule has 1 aromatic rings. The molecule has 0 radical (unpaired) electrons. The first kappa shape index (κ1) is 15.5. The van der Waals surface area contributed by atoms with E-state index in [9.17, 15) is 4.79 Å². The average molecular weight is 344 g/mol. The van der Waals surface area contributed by atoms with Crippen LogP contribution in [0.4, 0.5) is 0 Å². The maximum atomic E-state index is 11.9. The zero-order valence-corrected chi connectivity index (χ0v) is 13.6. The van der Waals surface area contributed by atoms with Crippen LogP contribution in [0.5, 0.6) is 0 Å². The zero-order valence-electron chi connectivity index (χ0n) is 12.0. The number of rotatable bonds is 5. The van der Waals surface area contributed by atoms with E-state index in [0.717, 1.165) is 30.7 Å². The number of hydrogen-bond donors (Lipinski definition) is 2. The maximum Gasteiger partial charge on any atom is 0.267 e. The third-order valence-electron chi connectivity index (χ3n) is 3.23. The Hall–Kier alpha value is -0.850. The summed E-state index contributed by atoms with van der Waals surface area (Å²) in [6.07, 6.45) is 1.82. The highest BCUT2D eigenvalue weighted by Gasteiger charge is 2.21. The molecule has 6 heteroatoms. The molecule has 1 saturated heterocycles. The van der Waals surface area contributed by atoms with Gasteiger partial charge in [-0.1, -0.05) is 13.8 Å². The van der Waals surface area contributed by atoms with Gasteiger partial charge in [-0.15, -0.1) is 0 Å². The fourth-order valence-corrected chi connectivity index (χ4v) is 2.73. The number of H-pyrrole nitrogens is 1. The van der Waals surface area contributed by atoms with Gasteiger partial charge >= 0.3 is 0 Å². The van der Waals surface area contributed by atoms with E-state index in [1.165, 1.54) is 0 Å². The number of morpholine rings is 1. The number of carbonyl (C=O) groups excluding carboxylic acids is 1. The molecule has 1 fully saturated rings. The predicted octanol–water partition coefficient (Wildman–Crippen LogP) is 1.86. The Labute approximate surface area is 128 Å².